The normalized spacial score (nSPS) is 19.1. The summed E-state index contributed by atoms with van der Waals surface area (Å²) in [5, 5.41) is 16.8. The number of nitrogens with one attached hydrogen (secondary N) is 1. The fraction of sp³-hybridized carbons (Fsp3) is 0.444. The minimum Gasteiger partial charge on any atom is -0.393 e. The molecule has 7 heteroatoms. The van der Waals surface area contributed by atoms with Crippen molar-refractivity contribution in [3.05, 3.63) is 41.8 Å². The van der Waals surface area contributed by atoms with Crippen molar-refractivity contribution in [2.24, 2.45) is 5.92 Å². The van der Waals surface area contributed by atoms with Crippen LogP contribution in [0.4, 0.5) is 10.2 Å². The summed E-state index contributed by atoms with van der Waals surface area (Å²) >= 11 is 0. The lowest BCUT2D eigenvalue weighted by atomic mass is 10.0. The number of nitrogens with zero attached hydrogens (tertiary/aromatic N) is 3. The maximum absolute atomic E-state index is 14.0. The quantitative estimate of drug-likeness (QED) is 0.868. The fourth-order valence-electron chi connectivity index (χ4n) is 3.18. The first-order valence-corrected chi connectivity index (χ1v) is 8.46. The molecule has 1 aliphatic rings. The number of aliphatic hydroxyl groups is 1. The molecule has 2 atom stereocenters. The van der Waals surface area contributed by atoms with Gasteiger partial charge < -0.3 is 10.4 Å². The van der Waals surface area contributed by atoms with Gasteiger partial charge in [0.2, 0.25) is 5.91 Å². The van der Waals surface area contributed by atoms with E-state index in [1.807, 2.05) is 4.90 Å². The molecule has 2 unspecified atom stereocenters. The van der Waals surface area contributed by atoms with E-state index in [1.165, 1.54) is 10.7 Å². The predicted molar refractivity (Wildman–Crippen MR) is 93.1 cm³/mol. The molecular weight excluding hydrogens is 323 g/mol. The molecule has 2 aromatic rings. The number of para-hydroxylation sites is 1. The smallest absolute Gasteiger partial charge is 0.239 e. The number of benzene rings is 1. The third-order valence-corrected chi connectivity index (χ3v) is 4.54. The molecule has 1 aromatic carbocycles. The zero-order chi connectivity index (χ0) is 18.0. The Hall–Kier alpha value is -2.25. The van der Waals surface area contributed by atoms with Gasteiger partial charge in [-0.15, -0.1) is 0 Å². The van der Waals surface area contributed by atoms with Crippen molar-refractivity contribution in [1.29, 1.82) is 0 Å². The molecule has 25 heavy (non-hydrogen) atoms. The summed E-state index contributed by atoms with van der Waals surface area (Å²) in [5.41, 5.74) is 0.982. The minimum absolute atomic E-state index is 0.177. The Morgan fingerprint density at radius 1 is 1.48 bits per heavy atom. The first kappa shape index (κ1) is 17.6. The van der Waals surface area contributed by atoms with Crippen molar-refractivity contribution in [2.75, 3.05) is 25.0 Å². The summed E-state index contributed by atoms with van der Waals surface area (Å²) in [5.74, 6) is 0.0713. The van der Waals surface area contributed by atoms with Gasteiger partial charge in [-0.1, -0.05) is 12.1 Å². The van der Waals surface area contributed by atoms with Crippen LogP contribution in [0.15, 0.2) is 30.3 Å². The average Bonchev–Trinajstić information content (AvgIpc) is 3.15. The van der Waals surface area contributed by atoms with Crippen LogP contribution in [0.25, 0.3) is 5.69 Å². The average molecular weight is 346 g/mol. The molecule has 0 saturated carbocycles. The summed E-state index contributed by atoms with van der Waals surface area (Å²) in [6.45, 7) is 5.31. The number of aromatic nitrogens is 2. The van der Waals surface area contributed by atoms with Gasteiger partial charge in [0.05, 0.1) is 18.3 Å². The Kier molecular flexibility index (Phi) is 5.15. The highest BCUT2D eigenvalue weighted by atomic mass is 19.1. The molecule has 1 fully saturated rings. The highest BCUT2D eigenvalue weighted by Gasteiger charge is 2.27. The van der Waals surface area contributed by atoms with Crippen molar-refractivity contribution in [1.82, 2.24) is 14.7 Å². The van der Waals surface area contributed by atoms with Crippen molar-refractivity contribution in [2.45, 2.75) is 26.4 Å². The number of aryl methyl sites for hydroxylation is 1. The van der Waals surface area contributed by atoms with Crippen molar-refractivity contribution in [3.8, 4) is 5.69 Å². The third kappa shape index (κ3) is 4.05. The number of hydrogen-bond donors (Lipinski definition) is 2. The van der Waals surface area contributed by atoms with Crippen LogP contribution in [0.3, 0.4) is 0 Å². The van der Waals surface area contributed by atoms with E-state index in [2.05, 4.69) is 10.4 Å². The summed E-state index contributed by atoms with van der Waals surface area (Å²) in [7, 11) is 0. The SMILES string of the molecule is Cc1cc(NC(=O)CN2CCC(C(C)O)C2)n(-c2ccccc2F)n1. The molecule has 2 N–H and O–H groups in total. The minimum atomic E-state index is -0.402. The van der Waals surface area contributed by atoms with E-state index >= 15 is 0 Å². The number of carbonyl (C=O) groups is 1. The van der Waals surface area contributed by atoms with Gasteiger partial charge in [0, 0.05) is 12.6 Å². The Balaban J connectivity index is 1.69. The van der Waals surface area contributed by atoms with Crippen LogP contribution in [0.5, 0.6) is 0 Å². The number of anilines is 1. The maximum atomic E-state index is 14.0. The molecule has 1 saturated heterocycles. The molecule has 6 nitrogen and oxygen atoms in total. The van der Waals surface area contributed by atoms with Crippen molar-refractivity contribution < 1.29 is 14.3 Å². The van der Waals surface area contributed by atoms with E-state index in [9.17, 15) is 14.3 Å². The summed E-state index contributed by atoms with van der Waals surface area (Å²) in [6, 6.07) is 8.03. The highest BCUT2D eigenvalue weighted by molar-refractivity contribution is 5.91. The molecule has 0 aliphatic carbocycles. The van der Waals surface area contributed by atoms with Crippen LogP contribution in [-0.2, 0) is 4.79 Å². The molecule has 0 radical (unpaired) electrons. The van der Waals surface area contributed by atoms with Crippen molar-refractivity contribution >= 4 is 11.7 Å². The van der Waals surface area contributed by atoms with Crippen LogP contribution in [0.2, 0.25) is 0 Å². The Bertz CT molecular complexity index is 759. The van der Waals surface area contributed by atoms with Gasteiger partial charge >= 0.3 is 0 Å². The number of aliphatic hydroxyl groups excluding tert-OH is 1. The largest absolute Gasteiger partial charge is 0.393 e. The van der Waals surface area contributed by atoms with E-state index in [1.54, 1.807) is 38.1 Å². The van der Waals surface area contributed by atoms with Gasteiger partial charge in [0.1, 0.15) is 17.3 Å². The second-order valence-electron chi connectivity index (χ2n) is 6.61. The molecule has 1 amide bonds. The number of carbonyl (C=O) groups excluding carboxylic acids is 1. The second kappa shape index (κ2) is 7.33. The summed E-state index contributed by atoms with van der Waals surface area (Å²) in [4.78, 5) is 14.4. The fourth-order valence-corrected chi connectivity index (χ4v) is 3.18. The number of halogens is 1. The van der Waals surface area contributed by atoms with Gasteiger partial charge in [0.25, 0.3) is 0 Å². The molecule has 3 rings (SSSR count). The molecule has 1 aromatic heterocycles. The zero-order valence-electron chi connectivity index (χ0n) is 14.4. The molecule has 2 heterocycles. The van der Waals surface area contributed by atoms with Crippen LogP contribution in [0, 0.1) is 18.7 Å². The zero-order valence-corrected chi connectivity index (χ0v) is 14.4. The van der Waals surface area contributed by atoms with Crippen molar-refractivity contribution in [3.63, 3.8) is 0 Å². The van der Waals surface area contributed by atoms with Crippen LogP contribution in [-0.4, -0.2) is 51.4 Å². The third-order valence-electron chi connectivity index (χ3n) is 4.54. The maximum Gasteiger partial charge on any atom is 0.239 e. The molecule has 134 valence electrons. The highest BCUT2D eigenvalue weighted by Crippen LogP contribution is 2.21. The molecule has 1 aliphatic heterocycles. The van der Waals surface area contributed by atoms with Gasteiger partial charge in [-0.2, -0.15) is 5.10 Å². The number of rotatable bonds is 5. The lowest BCUT2D eigenvalue weighted by Crippen LogP contribution is -2.33. The van der Waals surface area contributed by atoms with Gasteiger partial charge in [-0.25, -0.2) is 9.07 Å². The van der Waals surface area contributed by atoms with Crippen LogP contribution < -0.4 is 5.32 Å². The van der Waals surface area contributed by atoms with Gasteiger partial charge in [-0.3, -0.25) is 9.69 Å². The van der Waals surface area contributed by atoms with Gasteiger partial charge in [-0.05, 0) is 44.9 Å². The first-order chi connectivity index (χ1) is 11.9. The Labute approximate surface area is 146 Å². The summed E-state index contributed by atoms with van der Waals surface area (Å²) < 4.78 is 15.5. The van der Waals surface area contributed by atoms with E-state index < -0.39 is 5.82 Å². The van der Waals surface area contributed by atoms with Crippen LogP contribution in [0.1, 0.15) is 19.0 Å². The number of hydrogen-bond acceptors (Lipinski definition) is 4. The Morgan fingerprint density at radius 3 is 2.92 bits per heavy atom. The molecule has 0 spiro atoms. The molecular formula is C18H23FN4O2. The first-order valence-electron chi connectivity index (χ1n) is 8.46. The number of amides is 1. The van der Waals surface area contributed by atoms with E-state index in [4.69, 9.17) is 0 Å². The standard InChI is InChI=1S/C18H23FN4O2/c1-12-9-17(23(21-12)16-6-4-3-5-15(16)19)20-18(25)11-22-8-7-14(10-22)13(2)24/h3-6,9,13-14,24H,7-8,10-11H2,1-2H3,(H,20,25). The summed E-state index contributed by atoms with van der Waals surface area (Å²) in [6.07, 6.45) is 0.523. The van der Waals surface area contributed by atoms with E-state index in [0.29, 0.717) is 23.7 Å². The lowest BCUT2D eigenvalue weighted by Gasteiger charge is -2.17. The van der Waals surface area contributed by atoms with E-state index in [0.717, 1.165) is 13.0 Å². The second-order valence-corrected chi connectivity index (χ2v) is 6.61. The van der Waals surface area contributed by atoms with Crippen LogP contribution >= 0.6 is 0 Å². The topological polar surface area (TPSA) is 70.4 Å². The Morgan fingerprint density at radius 2 is 2.24 bits per heavy atom. The molecule has 0 bridgehead atoms. The number of likely N-dealkylation sites (tertiary alicyclic amines) is 1. The lowest BCUT2D eigenvalue weighted by molar-refractivity contribution is -0.117. The predicted octanol–water partition coefficient (Wildman–Crippen LogP) is 1.96. The van der Waals surface area contributed by atoms with Gasteiger partial charge in [0.15, 0.2) is 0 Å². The monoisotopic (exact) mass is 346 g/mol. The van der Waals surface area contributed by atoms with E-state index in [-0.39, 0.29) is 24.5 Å².